The van der Waals surface area contributed by atoms with Crippen molar-refractivity contribution < 1.29 is 33.3 Å². The van der Waals surface area contributed by atoms with Gasteiger partial charge < -0.3 is 4.74 Å². The molecule has 1 atom stereocenters. The van der Waals surface area contributed by atoms with E-state index in [0.717, 1.165) is 6.08 Å². The number of carbonyl (C=O) groups excluding carboxylic acids is 1. The number of hydrogen-bond donors (Lipinski definition) is 1. The molecule has 0 amide bonds. The van der Waals surface area contributed by atoms with Crippen LogP contribution in [0, 0.1) is 5.82 Å². The van der Waals surface area contributed by atoms with E-state index in [4.69, 9.17) is 27.3 Å². The molecular formula is C15H17ClFNO4S. The van der Waals surface area contributed by atoms with Crippen LogP contribution in [0.5, 0.6) is 0 Å². The SMILES string of the molecule is [2H]c1c([2H])c(N([2H])S(=O)(=O)[C@H]2C(C(=O)OCC)=CCC([2H])([2H])C2([2H])[2H])c(Cl)c([2H])c1F. The molecule has 0 unspecified atom stereocenters. The van der Waals surface area contributed by atoms with Gasteiger partial charge >= 0.3 is 5.97 Å². The van der Waals surface area contributed by atoms with Crippen molar-refractivity contribution in [1.82, 2.24) is 0 Å². The highest BCUT2D eigenvalue weighted by Crippen LogP contribution is 2.30. The molecule has 1 aliphatic carbocycles. The van der Waals surface area contributed by atoms with Crippen molar-refractivity contribution in [1.29, 1.82) is 0 Å². The average molecular weight is 370 g/mol. The molecule has 0 bridgehead atoms. The standard InChI is InChI=1S/C15H17ClFNO4S/c1-2-22-15(19)11-5-3-4-6-14(11)23(20,21)18-13-8-7-10(17)9-12(13)16/h5,7-9,14,18H,2-4,6H2,1H3/t14-/m1/s1/i4D2,6D2,7D,8D,9D/hD. The van der Waals surface area contributed by atoms with Gasteiger partial charge in [0, 0.05) is 5.48 Å². The van der Waals surface area contributed by atoms with E-state index in [9.17, 15) is 17.6 Å². The number of nitrogens with one attached hydrogen (secondary N) is 1. The van der Waals surface area contributed by atoms with Gasteiger partial charge in [0.1, 0.15) is 11.1 Å². The van der Waals surface area contributed by atoms with Crippen LogP contribution >= 0.6 is 11.6 Å². The van der Waals surface area contributed by atoms with Gasteiger partial charge in [-0.05, 0) is 44.2 Å². The Hall–Kier alpha value is -1.60. The molecule has 0 saturated heterocycles. The van der Waals surface area contributed by atoms with E-state index >= 15 is 0 Å². The van der Waals surface area contributed by atoms with Gasteiger partial charge in [0.2, 0.25) is 10.0 Å². The average Bonchev–Trinajstić information content (AvgIpc) is 2.66. The second-order valence-electron chi connectivity index (χ2n) is 4.24. The lowest BCUT2D eigenvalue weighted by molar-refractivity contribution is -0.138. The zero-order chi connectivity index (χ0) is 24.1. The number of esters is 1. The van der Waals surface area contributed by atoms with E-state index in [1.807, 2.05) is 0 Å². The summed E-state index contributed by atoms with van der Waals surface area (Å²) in [6.07, 6.45) is -5.83. The Morgan fingerprint density at radius 2 is 2.39 bits per heavy atom. The monoisotopic (exact) mass is 369 g/mol. The molecule has 0 radical (unpaired) electrons. The van der Waals surface area contributed by atoms with Crippen LogP contribution in [0.1, 0.15) is 35.7 Å². The van der Waals surface area contributed by atoms with Crippen LogP contribution in [0.25, 0.3) is 0 Å². The molecule has 0 fully saturated rings. The van der Waals surface area contributed by atoms with Crippen molar-refractivity contribution in [3.63, 3.8) is 0 Å². The zero-order valence-corrected chi connectivity index (χ0v) is 13.4. The molecule has 2 rings (SSSR count). The van der Waals surface area contributed by atoms with Gasteiger partial charge in [-0.15, -0.1) is 0 Å². The first kappa shape index (κ1) is 9.64. The van der Waals surface area contributed by atoms with Gasteiger partial charge in [0.15, 0.2) is 1.41 Å². The summed E-state index contributed by atoms with van der Waals surface area (Å²) in [5.41, 5.74) is -1.87. The summed E-state index contributed by atoms with van der Waals surface area (Å²) in [6, 6.07) is -3.55. The molecule has 23 heavy (non-hydrogen) atoms. The Morgan fingerprint density at radius 3 is 3.09 bits per heavy atom. The molecule has 1 aromatic rings. The van der Waals surface area contributed by atoms with Crippen molar-refractivity contribution >= 4 is 33.3 Å². The van der Waals surface area contributed by atoms with Crippen molar-refractivity contribution in [2.75, 3.05) is 11.3 Å². The Bertz CT molecular complexity index is 1040. The molecule has 0 aromatic heterocycles. The third-order valence-electron chi connectivity index (χ3n) is 2.69. The largest absolute Gasteiger partial charge is 0.463 e. The quantitative estimate of drug-likeness (QED) is 0.808. The summed E-state index contributed by atoms with van der Waals surface area (Å²) in [4.78, 5) is 12.3. The topological polar surface area (TPSA) is 72.5 Å². The number of hydrogen-bond acceptors (Lipinski definition) is 4. The number of anilines is 1. The lowest BCUT2D eigenvalue weighted by atomic mass is 9.99. The molecule has 0 aliphatic heterocycles. The van der Waals surface area contributed by atoms with E-state index in [2.05, 4.69) is 0 Å². The van der Waals surface area contributed by atoms with E-state index in [1.165, 1.54) is 6.92 Å². The van der Waals surface area contributed by atoms with Crippen molar-refractivity contribution in [3.05, 3.63) is 40.6 Å². The number of sulfonamides is 1. The summed E-state index contributed by atoms with van der Waals surface area (Å²) in [7, 11) is -5.38. The normalized spacial score (nSPS) is 27.6. The highest BCUT2D eigenvalue weighted by atomic mass is 35.5. The summed E-state index contributed by atoms with van der Waals surface area (Å²) in [5.74, 6) is -2.77. The van der Waals surface area contributed by atoms with Crippen LogP contribution in [-0.4, -0.2) is 26.2 Å². The number of ether oxygens (including phenoxy) is 1. The van der Waals surface area contributed by atoms with Gasteiger partial charge in [-0.1, -0.05) is 17.7 Å². The Morgan fingerprint density at radius 1 is 1.65 bits per heavy atom. The van der Waals surface area contributed by atoms with Crippen LogP contribution in [0.4, 0.5) is 10.1 Å². The first-order valence-electron chi connectivity index (χ1n) is 10.3. The predicted molar refractivity (Wildman–Crippen MR) is 86.3 cm³/mol. The van der Waals surface area contributed by atoms with Crippen LogP contribution in [0.3, 0.4) is 0 Å². The predicted octanol–water partition coefficient (Wildman–Crippen LogP) is 3.26. The first-order chi connectivity index (χ1) is 14.0. The van der Waals surface area contributed by atoms with Crippen molar-refractivity contribution in [2.45, 2.75) is 31.3 Å². The molecule has 8 heteroatoms. The van der Waals surface area contributed by atoms with E-state index in [1.54, 1.807) is 0 Å². The second kappa shape index (κ2) is 7.31. The van der Waals surface area contributed by atoms with Crippen molar-refractivity contribution in [2.24, 2.45) is 0 Å². The zero-order valence-electron chi connectivity index (χ0n) is 19.8. The van der Waals surface area contributed by atoms with Gasteiger partial charge in [0.05, 0.1) is 27.0 Å². The maximum atomic E-state index is 13.8. The Labute approximate surface area is 150 Å². The number of allylic oxidation sites excluding steroid dienone is 1. The molecule has 1 aliphatic rings. The summed E-state index contributed by atoms with van der Waals surface area (Å²) in [6.45, 7) is 1.21. The fourth-order valence-electron chi connectivity index (χ4n) is 1.74. The molecule has 0 spiro atoms. The third kappa shape index (κ3) is 4.23. The van der Waals surface area contributed by atoms with Crippen LogP contribution in [0.2, 0.25) is 6.43 Å². The fraction of sp³-hybridized carbons (Fsp3) is 0.400. The van der Waals surface area contributed by atoms with E-state index in [0.29, 0.717) is 0 Å². The minimum Gasteiger partial charge on any atom is -0.463 e. The maximum absolute atomic E-state index is 13.8. The Balaban J connectivity index is 2.78. The number of rotatable bonds is 5. The number of benzene rings is 1. The molecule has 0 heterocycles. The van der Waals surface area contributed by atoms with Crippen LogP contribution in [-0.2, 0) is 19.6 Å². The minimum atomic E-state index is -5.38. The highest BCUT2D eigenvalue weighted by molar-refractivity contribution is 7.93. The van der Waals surface area contributed by atoms with Gasteiger partial charge in [-0.2, -0.15) is 0 Å². The van der Waals surface area contributed by atoms with Gasteiger partial charge in [-0.25, -0.2) is 17.6 Å². The smallest absolute Gasteiger partial charge is 0.335 e. The number of carbonyl (C=O) groups is 1. The molecule has 126 valence electrons. The van der Waals surface area contributed by atoms with Gasteiger partial charge in [0.25, 0.3) is 0 Å². The third-order valence-corrected chi connectivity index (χ3v) is 4.36. The van der Waals surface area contributed by atoms with E-state index < -0.39 is 85.4 Å². The summed E-state index contributed by atoms with van der Waals surface area (Å²) < 4.78 is 107. The number of halogens is 2. The summed E-state index contributed by atoms with van der Waals surface area (Å²) >= 11 is 5.76. The minimum absolute atomic E-state index is 0.200. The molecule has 5 nitrogen and oxygen atoms in total. The molecule has 1 aromatic carbocycles. The fourth-order valence-corrected chi connectivity index (χ4v) is 3.20. The Kier molecular flexibility index (Phi) is 3.06. The maximum Gasteiger partial charge on any atom is 0.335 e. The highest BCUT2D eigenvalue weighted by Gasteiger charge is 2.35. The lowest BCUT2D eigenvalue weighted by Gasteiger charge is -2.24. The van der Waals surface area contributed by atoms with Crippen LogP contribution < -0.4 is 4.72 Å². The summed E-state index contributed by atoms with van der Waals surface area (Å²) in [5, 5.41) is -3.60. The molecule has 0 saturated carbocycles. The molecule has 1 N–H and O–H groups in total. The van der Waals surface area contributed by atoms with Gasteiger partial charge in [-0.3, -0.25) is 4.72 Å². The van der Waals surface area contributed by atoms with Crippen LogP contribution in [0.15, 0.2) is 29.8 Å². The van der Waals surface area contributed by atoms with E-state index in [-0.39, 0.29) is 6.61 Å². The second-order valence-corrected chi connectivity index (χ2v) is 6.30. The lowest BCUT2D eigenvalue weighted by Crippen LogP contribution is -2.34. The van der Waals surface area contributed by atoms with Crippen molar-refractivity contribution in [3.8, 4) is 0 Å². The first-order valence-corrected chi connectivity index (χ1v) is 8.27. The molecular weight excluding hydrogens is 345 g/mol.